The van der Waals surface area contributed by atoms with E-state index in [2.05, 4.69) is 4.72 Å². The molecule has 68 valence electrons. The molecule has 0 aliphatic carbocycles. The van der Waals surface area contributed by atoms with Crippen molar-refractivity contribution in [2.75, 3.05) is 16.6 Å². The first kappa shape index (κ1) is 13.6. The third kappa shape index (κ3) is 6.09. The Hall–Kier alpha value is 1.57. The molecule has 1 fully saturated rings. The van der Waals surface area contributed by atoms with Crippen LogP contribution >= 0.6 is 23.5 Å². The van der Waals surface area contributed by atoms with Crippen LogP contribution in [-0.2, 0) is 10.3 Å². The van der Waals surface area contributed by atoms with Gasteiger partial charge in [-0.25, -0.2) is 0 Å². The number of hydrogen-bond donors (Lipinski definition) is 2. The second-order valence-electron chi connectivity index (χ2n) is 2.15. The van der Waals surface area contributed by atoms with E-state index in [9.17, 15) is 8.42 Å². The summed E-state index contributed by atoms with van der Waals surface area (Å²) in [6.07, 6.45) is 0. The van der Waals surface area contributed by atoms with Crippen molar-refractivity contribution in [3.05, 3.63) is 0 Å². The van der Waals surface area contributed by atoms with E-state index in [1.807, 2.05) is 0 Å². The summed E-state index contributed by atoms with van der Waals surface area (Å²) >= 11 is 3.34. The zero-order valence-corrected chi connectivity index (χ0v) is 8.14. The Balaban J connectivity index is 0.00000121. The van der Waals surface area contributed by atoms with Gasteiger partial charge in [0.15, 0.2) is 0 Å². The quantitative estimate of drug-likeness (QED) is 0.504. The number of thioether (sulfide) groups is 2. The molecule has 0 saturated carbocycles. The molecule has 1 saturated heterocycles. The van der Waals surface area contributed by atoms with E-state index < -0.39 is 10.3 Å². The standard InChI is InChI=1S/C4H9NO3S3.Na.H/c6-11(7,8)5-4-1-9-3-10-2-4;;/h4-5H,1-3H2,(H,6,7,8);;. The third-order valence-electron chi connectivity index (χ3n) is 1.12. The first-order valence-electron chi connectivity index (χ1n) is 2.98. The molecule has 1 aliphatic rings. The monoisotopic (exact) mass is 239 g/mol. The van der Waals surface area contributed by atoms with Gasteiger partial charge in [0.05, 0.1) is 0 Å². The van der Waals surface area contributed by atoms with E-state index in [-0.39, 0.29) is 35.6 Å². The molecule has 1 heterocycles. The Bertz CT molecular complexity index is 214. The van der Waals surface area contributed by atoms with Crippen molar-refractivity contribution < 1.29 is 13.0 Å². The number of rotatable bonds is 2. The van der Waals surface area contributed by atoms with Gasteiger partial charge in [0, 0.05) is 22.6 Å². The summed E-state index contributed by atoms with van der Waals surface area (Å²) in [5.74, 6) is 1.49. The van der Waals surface area contributed by atoms with Crippen LogP contribution in [0.3, 0.4) is 0 Å². The van der Waals surface area contributed by atoms with Crippen molar-refractivity contribution in [2.24, 2.45) is 0 Å². The van der Waals surface area contributed by atoms with Gasteiger partial charge in [-0.3, -0.25) is 4.55 Å². The van der Waals surface area contributed by atoms with Gasteiger partial charge in [-0.15, -0.1) is 23.5 Å². The molecule has 0 aromatic rings. The van der Waals surface area contributed by atoms with Crippen molar-refractivity contribution in [1.29, 1.82) is 0 Å². The Morgan fingerprint density at radius 1 is 1.33 bits per heavy atom. The summed E-state index contributed by atoms with van der Waals surface area (Å²) in [5, 5.41) is 1.00. The number of hydrogen-bond acceptors (Lipinski definition) is 4. The molecule has 0 amide bonds. The average molecular weight is 239 g/mol. The molecule has 0 aromatic carbocycles. The van der Waals surface area contributed by atoms with E-state index in [0.717, 1.165) is 16.6 Å². The molecule has 2 N–H and O–H groups in total. The van der Waals surface area contributed by atoms with Crippen LogP contribution in [0, 0.1) is 0 Å². The van der Waals surface area contributed by atoms with Crippen LogP contribution in [0.4, 0.5) is 0 Å². The minimum atomic E-state index is -4.00. The number of nitrogens with one attached hydrogen (secondary N) is 1. The Kier molecular flexibility index (Phi) is 6.93. The van der Waals surface area contributed by atoms with Gasteiger partial charge in [-0.05, 0) is 0 Å². The minimum absolute atomic E-state index is 0. The van der Waals surface area contributed by atoms with Crippen LogP contribution in [0.1, 0.15) is 0 Å². The maximum atomic E-state index is 10.3. The molecule has 0 aromatic heterocycles. The van der Waals surface area contributed by atoms with E-state index in [0.29, 0.717) is 0 Å². The van der Waals surface area contributed by atoms with Crippen LogP contribution in [0.15, 0.2) is 0 Å². The first-order chi connectivity index (χ1) is 5.08. The molecule has 0 spiro atoms. The molecule has 1 rings (SSSR count). The molecule has 4 nitrogen and oxygen atoms in total. The van der Waals surface area contributed by atoms with Crippen LogP contribution < -0.4 is 4.72 Å². The van der Waals surface area contributed by atoms with Crippen molar-refractivity contribution in [2.45, 2.75) is 6.04 Å². The van der Waals surface area contributed by atoms with Crippen molar-refractivity contribution in [3.8, 4) is 0 Å². The predicted molar refractivity (Wildman–Crippen MR) is 55.4 cm³/mol. The molecule has 0 unspecified atom stereocenters. The topological polar surface area (TPSA) is 66.4 Å². The maximum absolute atomic E-state index is 10.3. The summed E-state index contributed by atoms with van der Waals surface area (Å²) in [5.41, 5.74) is 0. The van der Waals surface area contributed by atoms with Gasteiger partial charge < -0.3 is 0 Å². The SMILES string of the molecule is O=S(=O)(O)NC1CSCSC1.[NaH]. The third-order valence-corrected chi connectivity index (χ3v) is 4.36. The second-order valence-corrected chi connectivity index (χ2v) is 5.76. The van der Waals surface area contributed by atoms with Gasteiger partial charge in [0.25, 0.3) is 0 Å². The van der Waals surface area contributed by atoms with Gasteiger partial charge in [-0.1, -0.05) is 0 Å². The fourth-order valence-corrected chi connectivity index (χ4v) is 3.93. The molecular formula is C4H10NNaO3S3. The molecule has 1 aliphatic heterocycles. The van der Waals surface area contributed by atoms with Crippen LogP contribution in [0.5, 0.6) is 0 Å². The van der Waals surface area contributed by atoms with Gasteiger partial charge in [0.1, 0.15) is 0 Å². The van der Waals surface area contributed by atoms with Crippen molar-refractivity contribution in [3.63, 3.8) is 0 Å². The fourth-order valence-electron chi connectivity index (χ4n) is 0.766. The average Bonchev–Trinajstić information content (AvgIpc) is 1.85. The van der Waals surface area contributed by atoms with Crippen LogP contribution in [-0.4, -0.2) is 65.2 Å². The van der Waals surface area contributed by atoms with Crippen molar-refractivity contribution in [1.82, 2.24) is 4.72 Å². The summed E-state index contributed by atoms with van der Waals surface area (Å²) in [6.45, 7) is 0. The van der Waals surface area contributed by atoms with Crippen molar-refractivity contribution >= 4 is 63.4 Å². The zero-order chi connectivity index (χ0) is 8.32. The second kappa shape index (κ2) is 6.13. The van der Waals surface area contributed by atoms with E-state index in [1.165, 1.54) is 0 Å². The predicted octanol–water partition coefficient (Wildman–Crippen LogP) is -0.464. The molecular weight excluding hydrogens is 229 g/mol. The molecule has 0 radical (unpaired) electrons. The summed E-state index contributed by atoms with van der Waals surface area (Å²) in [4.78, 5) is 0. The van der Waals surface area contributed by atoms with Gasteiger partial charge >= 0.3 is 39.9 Å². The van der Waals surface area contributed by atoms with Gasteiger partial charge in [-0.2, -0.15) is 13.1 Å². The molecule has 0 atom stereocenters. The van der Waals surface area contributed by atoms with E-state index >= 15 is 0 Å². The van der Waals surface area contributed by atoms with E-state index in [1.54, 1.807) is 23.5 Å². The normalized spacial score (nSPS) is 20.1. The molecule has 0 bridgehead atoms. The molecule has 8 heteroatoms. The molecule has 12 heavy (non-hydrogen) atoms. The van der Waals surface area contributed by atoms with Crippen LogP contribution in [0.25, 0.3) is 0 Å². The summed E-state index contributed by atoms with van der Waals surface area (Å²) in [7, 11) is -4.00. The summed E-state index contributed by atoms with van der Waals surface area (Å²) < 4.78 is 31.2. The summed E-state index contributed by atoms with van der Waals surface area (Å²) in [6, 6.07) is -0.117. The van der Waals surface area contributed by atoms with E-state index in [4.69, 9.17) is 4.55 Å². The first-order valence-corrected chi connectivity index (χ1v) is 6.73. The van der Waals surface area contributed by atoms with Gasteiger partial charge in [0.2, 0.25) is 0 Å². The zero-order valence-electron chi connectivity index (χ0n) is 5.69. The fraction of sp³-hybridized carbons (Fsp3) is 1.00. The Labute approximate surface area is 103 Å². The Morgan fingerprint density at radius 3 is 2.25 bits per heavy atom. The Morgan fingerprint density at radius 2 is 1.83 bits per heavy atom. The van der Waals surface area contributed by atoms with Crippen LogP contribution in [0.2, 0.25) is 0 Å².